The maximum atomic E-state index is 11.9. The van der Waals surface area contributed by atoms with Gasteiger partial charge in [-0.2, -0.15) is 0 Å². The topological polar surface area (TPSA) is 71.2 Å². The van der Waals surface area contributed by atoms with Crippen LogP contribution in [0.3, 0.4) is 0 Å². The molecular weight excluding hydrogens is 240 g/mol. The Balaban J connectivity index is 1.74. The van der Waals surface area contributed by atoms with E-state index in [9.17, 15) is 4.79 Å². The van der Waals surface area contributed by atoms with E-state index in [1.807, 2.05) is 13.0 Å². The van der Waals surface area contributed by atoms with Crippen molar-refractivity contribution in [3.8, 4) is 0 Å². The van der Waals surface area contributed by atoms with Crippen molar-refractivity contribution < 1.29 is 4.79 Å². The summed E-state index contributed by atoms with van der Waals surface area (Å²) in [7, 11) is 0. The largest absolute Gasteiger partial charge is 0.351 e. The lowest BCUT2D eigenvalue weighted by Crippen LogP contribution is -2.44. The van der Waals surface area contributed by atoms with Gasteiger partial charge in [-0.1, -0.05) is 0 Å². The molecule has 0 bridgehead atoms. The van der Waals surface area contributed by atoms with Crippen LogP contribution in [-0.4, -0.2) is 41.5 Å². The lowest BCUT2D eigenvalue weighted by Gasteiger charge is -2.29. The van der Waals surface area contributed by atoms with Gasteiger partial charge in [0.05, 0.1) is 6.54 Å². The predicted molar refractivity (Wildman–Crippen MR) is 74.5 cm³/mol. The van der Waals surface area contributed by atoms with Crippen molar-refractivity contribution in [2.24, 2.45) is 5.73 Å². The molecule has 1 aliphatic rings. The Labute approximate surface area is 114 Å². The van der Waals surface area contributed by atoms with Gasteiger partial charge in [-0.25, -0.2) is 0 Å². The van der Waals surface area contributed by atoms with E-state index in [2.05, 4.69) is 15.2 Å². The van der Waals surface area contributed by atoms with Crippen LogP contribution >= 0.6 is 0 Å². The zero-order valence-electron chi connectivity index (χ0n) is 11.4. The molecule has 0 unspecified atom stereocenters. The zero-order valence-corrected chi connectivity index (χ0v) is 11.4. The average molecular weight is 262 g/mol. The Morgan fingerprint density at radius 2 is 2.26 bits per heavy atom. The second-order valence-electron chi connectivity index (χ2n) is 5.19. The van der Waals surface area contributed by atoms with Gasteiger partial charge in [0.15, 0.2) is 0 Å². The van der Waals surface area contributed by atoms with Crippen molar-refractivity contribution in [3.63, 3.8) is 0 Å². The number of amides is 1. The monoisotopic (exact) mass is 262 g/mol. The van der Waals surface area contributed by atoms with Crippen molar-refractivity contribution in [2.45, 2.75) is 32.4 Å². The van der Waals surface area contributed by atoms with Gasteiger partial charge in [-0.05, 0) is 37.0 Å². The third-order valence-electron chi connectivity index (χ3n) is 3.62. The van der Waals surface area contributed by atoms with Gasteiger partial charge >= 0.3 is 0 Å². The fraction of sp³-hybridized carbons (Fsp3) is 0.571. The summed E-state index contributed by atoms with van der Waals surface area (Å²) in [5.74, 6) is 0.0683. The number of nitrogens with two attached hydrogens (primary N) is 1. The molecule has 2 heterocycles. The molecule has 0 atom stereocenters. The smallest absolute Gasteiger partial charge is 0.234 e. The van der Waals surface area contributed by atoms with E-state index in [4.69, 9.17) is 5.73 Å². The second kappa shape index (κ2) is 6.63. The average Bonchev–Trinajstić information content (AvgIpc) is 2.40. The molecule has 5 nitrogen and oxygen atoms in total. The van der Waals surface area contributed by atoms with Crippen molar-refractivity contribution in [3.05, 3.63) is 29.6 Å². The molecule has 5 heteroatoms. The van der Waals surface area contributed by atoms with E-state index in [0.29, 0.717) is 19.1 Å². The predicted octanol–water partition coefficient (Wildman–Crippen LogP) is 0.429. The van der Waals surface area contributed by atoms with Crippen LogP contribution in [0.1, 0.15) is 24.0 Å². The number of aromatic nitrogens is 1. The van der Waals surface area contributed by atoms with Crippen LogP contribution in [0.5, 0.6) is 0 Å². The molecular formula is C14H22N4O. The Kier molecular flexibility index (Phi) is 4.87. The summed E-state index contributed by atoms with van der Waals surface area (Å²) in [6.45, 7) is 4.87. The Morgan fingerprint density at radius 3 is 2.95 bits per heavy atom. The number of aryl methyl sites for hydroxylation is 1. The Bertz CT molecular complexity index is 427. The van der Waals surface area contributed by atoms with Gasteiger partial charge in [-0.15, -0.1) is 0 Å². The number of likely N-dealkylation sites (tertiary alicyclic amines) is 1. The second-order valence-corrected chi connectivity index (χ2v) is 5.19. The highest BCUT2D eigenvalue weighted by atomic mass is 16.2. The summed E-state index contributed by atoms with van der Waals surface area (Å²) in [5.41, 5.74) is 8.06. The van der Waals surface area contributed by atoms with Crippen LogP contribution in [0.4, 0.5) is 0 Å². The zero-order chi connectivity index (χ0) is 13.7. The van der Waals surface area contributed by atoms with E-state index in [-0.39, 0.29) is 5.91 Å². The van der Waals surface area contributed by atoms with Crippen LogP contribution in [0.15, 0.2) is 18.5 Å². The lowest BCUT2D eigenvalue weighted by atomic mass is 10.1. The van der Waals surface area contributed by atoms with Crippen molar-refractivity contribution >= 4 is 5.91 Å². The number of rotatable bonds is 4. The maximum absolute atomic E-state index is 11.9. The number of pyridine rings is 1. The van der Waals surface area contributed by atoms with E-state index in [1.54, 1.807) is 12.4 Å². The molecule has 19 heavy (non-hydrogen) atoms. The van der Waals surface area contributed by atoms with Crippen LogP contribution < -0.4 is 11.1 Å². The summed E-state index contributed by atoms with van der Waals surface area (Å²) in [6, 6.07) is 2.26. The number of carbonyl (C=O) groups is 1. The van der Waals surface area contributed by atoms with Gasteiger partial charge in [0.1, 0.15) is 0 Å². The first-order valence-corrected chi connectivity index (χ1v) is 6.79. The SMILES string of the molecule is Cc1ccncc1CNC(=O)CN1CCC(N)CC1. The van der Waals surface area contributed by atoms with Gasteiger partial charge < -0.3 is 11.1 Å². The van der Waals surface area contributed by atoms with E-state index in [1.165, 1.54) is 0 Å². The molecule has 0 aromatic carbocycles. The first-order valence-electron chi connectivity index (χ1n) is 6.79. The van der Waals surface area contributed by atoms with Crippen molar-refractivity contribution in [1.82, 2.24) is 15.2 Å². The van der Waals surface area contributed by atoms with Gasteiger partial charge in [0.25, 0.3) is 0 Å². The van der Waals surface area contributed by atoms with E-state index in [0.717, 1.165) is 37.1 Å². The van der Waals surface area contributed by atoms with E-state index < -0.39 is 0 Å². The quantitative estimate of drug-likeness (QED) is 0.825. The lowest BCUT2D eigenvalue weighted by molar-refractivity contribution is -0.122. The molecule has 1 fully saturated rings. The molecule has 1 aromatic rings. The Morgan fingerprint density at radius 1 is 1.53 bits per heavy atom. The molecule has 1 saturated heterocycles. The minimum atomic E-state index is 0.0683. The van der Waals surface area contributed by atoms with Crippen LogP contribution in [0.25, 0.3) is 0 Å². The summed E-state index contributed by atoms with van der Waals surface area (Å²) in [5, 5.41) is 2.95. The molecule has 3 N–H and O–H groups in total. The van der Waals surface area contributed by atoms with Gasteiger partial charge in [0.2, 0.25) is 5.91 Å². The molecule has 2 rings (SSSR count). The molecule has 1 amide bonds. The van der Waals surface area contributed by atoms with Crippen LogP contribution in [0, 0.1) is 6.92 Å². The Hall–Kier alpha value is -1.46. The van der Waals surface area contributed by atoms with Crippen LogP contribution in [0.2, 0.25) is 0 Å². The standard InChI is InChI=1S/C14H22N4O/c1-11-2-5-16-8-12(11)9-17-14(19)10-18-6-3-13(15)4-7-18/h2,5,8,13H,3-4,6-7,9-10,15H2,1H3,(H,17,19). The normalized spacial score (nSPS) is 17.4. The number of nitrogens with zero attached hydrogens (tertiary/aromatic N) is 2. The maximum Gasteiger partial charge on any atom is 0.234 e. The van der Waals surface area contributed by atoms with Gasteiger partial charge in [-0.3, -0.25) is 14.7 Å². The fourth-order valence-corrected chi connectivity index (χ4v) is 2.25. The van der Waals surface area contributed by atoms with Gasteiger partial charge in [0, 0.05) is 38.1 Å². The highest BCUT2D eigenvalue weighted by molar-refractivity contribution is 5.78. The van der Waals surface area contributed by atoms with E-state index >= 15 is 0 Å². The molecule has 0 radical (unpaired) electrons. The van der Waals surface area contributed by atoms with Crippen molar-refractivity contribution in [1.29, 1.82) is 0 Å². The summed E-state index contributed by atoms with van der Waals surface area (Å²) >= 11 is 0. The highest BCUT2D eigenvalue weighted by Crippen LogP contribution is 2.08. The number of hydrogen-bond donors (Lipinski definition) is 2. The summed E-state index contributed by atoms with van der Waals surface area (Å²) < 4.78 is 0. The molecule has 0 saturated carbocycles. The summed E-state index contributed by atoms with van der Waals surface area (Å²) in [4.78, 5) is 18.1. The fourth-order valence-electron chi connectivity index (χ4n) is 2.25. The van der Waals surface area contributed by atoms with Crippen LogP contribution in [-0.2, 0) is 11.3 Å². The molecule has 1 aliphatic heterocycles. The number of hydrogen-bond acceptors (Lipinski definition) is 4. The number of nitrogens with one attached hydrogen (secondary N) is 1. The molecule has 0 aliphatic carbocycles. The van der Waals surface area contributed by atoms with Crippen molar-refractivity contribution in [2.75, 3.05) is 19.6 Å². The first-order chi connectivity index (χ1) is 9.15. The minimum absolute atomic E-state index is 0.0683. The molecule has 0 spiro atoms. The summed E-state index contributed by atoms with van der Waals surface area (Å²) in [6.07, 6.45) is 5.52. The molecule has 104 valence electrons. The number of carbonyl (C=O) groups excluding carboxylic acids is 1. The number of piperidine rings is 1. The highest BCUT2D eigenvalue weighted by Gasteiger charge is 2.17. The third kappa shape index (κ3) is 4.29. The molecule has 1 aromatic heterocycles. The third-order valence-corrected chi connectivity index (χ3v) is 3.62. The minimum Gasteiger partial charge on any atom is -0.351 e. The first kappa shape index (κ1) is 14.0.